The molecular formula is C26H19FN4O4S. The fourth-order valence-corrected chi connectivity index (χ4v) is 5.01. The second kappa shape index (κ2) is 8.58. The van der Waals surface area contributed by atoms with Crippen LogP contribution in [-0.4, -0.2) is 40.2 Å². The third-order valence-corrected chi connectivity index (χ3v) is 6.95. The van der Waals surface area contributed by atoms with E-state index in [9.17, 15) is 18.3 Å². The molecule has 0 radical (unpaired) electrons. The number of imidazole rings is 1. The zero-order valence-electron chi connectivity index (χ0n) is 18.9. The number of primary amides is 1. The van der Waals surface area contributed by atoms with Gasteiger partial charge in [0, 0.05) is 28.6 Å². The first kappa shape index (κ1) is 23.2. The third kappa shape index (κ3) is 3.97. The highest BCUT2D eigenvalue weighted by Gasteiger charge is 2.20. The third-order valence-electron chi connectivity index (χ3n) is 5.79. The molecule has 5 aromatic rings. The summed E-state index contributed by atoms with van der Waals surface area (Å²) in [5, 5.41) is 11.1. The van der Waals surface area contributed by atoms with Crippen molar-refractivity contribution in [3.8, 4) is 33.8 Å². The van der Waals surface area contributed by atoms with Crippen molar-refractivity contribution in [1.29, 1.82) is 0 Å². The van der Waals surface area contributed by atoms with Gasteiger partial charge in [0.2, 0.25) is 5.91 Å². The summed E-state index contributed by atoms with van der Waals surface area (Å²) in [6.07, 6.45) is 3.96. The van der Waals surface area contributed by atoms with E-state index in [0.717, 1.165) is 6.26 Å². The van der Waals surface area contributed by atoms with Gasteiger partial charge < -0.3 is 10.8 Å². The minimum absolute atomic E-state index is 0.0178. The van der Waals surface area contributed by atoms with Crippen molar-refractivity contribution in [1.82, 2.24) is 14.5 Å². The molecule has 0 saturated carbocycles. The van der Waals surface area contributed by atoms with Gasteiger partial charge in [-0.15, -0.1) is 0 Å². The standard InChI is InChI=1S/C26H19FN4O4S/c1-36(34,35)22-8-3-2-7-18(22)15-9-10-19(20(27)12-15)23-25(32)24-21(13-29-23)30-14-31(24)17-6-4-5-16(11-17)26(28)33/h2-14,32H,1H3,(H2,28,33). The summed E-state index contributed by atoms with van der Waals surface area (Å²) in [5.74, 6) is -1.61. The number of aromatic hydroxyl groups is 1. The van der Waals surface area contributed by atoms with Gasteiger partial charge in [0.15, 0.2) is 15.6 Å². The Morgan fingerprint density at radius 2 is 1.78 bits per heavy atom. The number of benzene rings is 3. The first-order chi connectivity index (χ1) is 17.1. The summed E-state index contributed by atoms with van der Waals surface area (Å²) >= 11 is 0. The first-order valence-corrected chi connectivity index (χ1v) is 12.6. The van der Waals surface area contributed by atoms with Crippen LogP contribution in [0.1, 0.15) is 10.4 Å². The van der Waals surface area contributed by atoms with Gasteiger partial charge in [-0.2, -0.15) is 0 Å². The molecular weight excluding hydrogens is 483 g/mol. The van der Waals surface area contributed by atoms with E-state index < -0.39 is 21.6 Å². The number of rotatable bonds is 5. The van der Waals surface area contributed by atoms with Crippen LogP contribution >= 0.6 is 0 Å². The van der Waals surface area contributed by atoms with Crippen molar-refractivity contribution in [3.63, 3.8) is 0 Å². The summed E-state index contributed by atoms with van der Waals surface area (Å²) in [6.45, 7) is 0. The Kier molecular flexibility index (Phi) is 5.52. The Hall–Kier alpha value is -4.57. The van der Waals surface area contributed by atoms with Crippen LogP contribution in [0.15, 0.2) is 84.1 Å². The predicted molar refractivity (Wildman–Crippen MR) is 133 cm³/mol. The minimum atomic E-state index is -3.53. The zero-order valence-corrected chi connectivity index (χ0v) is 19.7. The van der Waals surface area contributed by atoms with Gasteiger partial charge in [0.25, 0.3) is 0 Å². The van der Waals surface area contributed by atoms with Gasteiger partial charge in [0.05, 0.1) is 11.1 Å². The van der Waals surface area contributed by atoms with Crippen LogP contribution in [-0.2, 0) is 9.84 Å². The summed E-state index contributed by atoms with van der Waals surface area (Å²) < 4.78 is 41.3. The second-order valence-corrected chi connectivity index (χ2v) is 10.2. The fourth-order valence-electron chi connectivity index (χ4n) is 4.10. The smallest absolute Gasteiger partial charge is 0.248 e. The maximum Gasteiger partial charge on any atom is 0.248 e. The van der Waals surface area contributed by atoms with E-state index in [2.05, 4.69) is 9.97 Å². The maximum absolute atomic E-state index is 15.3. The number of hydrogen-bond donors (Lipinski definition) is 2. The lowest BCUT2D eigenvalue weighted by molar-refractivity contribution is 0.1000. The second-order valence-electron chi connectivity index (χ2n) is 8.18. The van der Waals surface area contributed by atoms with E-state index in [0.29, 0.717) is 22.3 Å². The van der Waals surface area contributed by atoms with Gasteiger partial charge >= 0.3 is 0 Å². The van der Waals surface area contributed by atoms with Crippen molar-refractivity contribution < 1.29 is 22.7 Å². The number of nitrogens with two attached hydrogens (primary N) is 1. The molecule has 5 rings (SSSR count). The quantitative estimate of drug-likeness (QED) is 0.372. The first-order valence-electron chi connectivity index (χ1n) is 10.7. The van der Waals surface area contributed by atoms with Crippen LogP contribution in [0.5, 0.6) is 5.75 Å². The molecule has 36 heavy (non-hydrogen) atoms. The number of nitrogens with zero attached hydrogens (tertiary/aromatic N) is 3. The fraction of sp³-hybridized carbons (Fsp3) is 0.0385. The number of carbonyl (C=O) groups excluding carboxylic acids is 1. The van der Waals surface area contributed by atoms with Crippen LogP contribution in [0.3, 0.4) is 0 Å². The van der Waals surface area contributed by atoms with Gasteiger partial charge in [-0.25, -0.2) is 22.8 Å². The van der Waals surface area contributed by atoms with E-state index >= 15 is 4.39 Å². The Morgan fingerprint density at radius 1 is 1.00 bits per heavy atom. The zero-order chi connectivity index (χ0) is 25.6. The Morgan fingerprint density at radius 3 is 2.50 bits per heavy atom. The van der Waals surface area contributed by atoms with Crippen molar-refractivity contribution in [2.24, 2.45) is 5.73 Å². The van der Waals surface area contributed by atoms with E-state index in [1.54, 1.807) is 53.1 Å². The average molecular weight is 503 g/mol. The summed E-state index contributed by atoms with van der Waals surface area (Å²) in [6, 6.07) is 17.0. The van der Waals surface area contributed by atoms with E-state index in [4.69, 9.17) is 5.73 Å². The molecule has 3 aromatic carbocycles. The molecule has 2 aromatic heterocycles. The molecule has 180 valence electrons. The van der Waals surface area contributed by atoms with Crippen LogP contribution in [0, 0.1) is 5.82 Å². The molecule has 0 unspecified atom stereocenters. The predicted octanol–water partition coefficient (Wildman–Crippen LogP) is 4.10. The normalized spacial score (nSPS) is 11.6. The summed E-state index contributed by atoms with van der Waals surface area (Å²) in [5.41, 5.74) is 7.55. The molecule has 0 aliphatic heterocycles. The number of hydrogen-bond acceptors (Lipinski definition) is 6. The number of fused-ring (bicyclic) bond motifs is 1. The molecule has 0 spiro atoms. The van der Waals surface area contributed by atoms with E-state index in [1.807, 2.05) is 0 Å². The molecule has 0 atom stereocenters. The SMILES string of the molecule is CS(=O)(=O)c1ccccc1-c1ccc(-c2ncc3ncn(-c4cccc(C(N)=O)c4)c3c2O)c(F)c1. The largest absolute Gasteiger partial charge is 0.504 e. The number of carbonyl (C=O) groups is 1. The van der Waals surface area contributed by atoms with Gasteiger partial charge in [-0.05, 0) is 42.0 Å². The highest BCUT2D eigenvalue weighted by atomic mass is 32.2. The van der Waals surface area contributed by atoms with Crippen molar-refractivity contribution >= 4 is 26.8 Å². The number of sulfone groups is 1. The Balaban J connectivity index is 1.64. The van der Waals surface area contributed by atoms with Crippen LogP contribution < -0.4 is 5.73 Å². The Bertz CT molecular complexity index is 1780. The number of amides is 1. The number of halogens is 1. The van der Waals surface area contributed by atoms with Gasteiger partial charge in [-0.3, -0.25) is 9.36 Å². The topological polar surface area (TPSA) is 128 Å². The summed E-state index contributed by atoms with van der Waals surface area (Å²) in [7, 11) is -3.53. The van der Waals surface area contributed by atoms with Gasteiger partial charge in [-0.1, -0.05) is 30.3 Å². The molecule has 10 heteroatoms. The summed E-state index contributed by atoms with van der Waals surface area (Å²) in [4.78, 5) is 20.1. The Labute approximate surface area is 205 Å². The number of aromatic nitrogens is 3. The molecule has 0 aliphatic rings. The van der Waals surface area contributed by atoms with Crippen LogP contribution in [0.4, 0.5) is 4.39 Å². The highest BCUT2D eigenvalue weighted by molar-refractivity contribution is 7.90. The average Bonchev–Trinajstić information content (AvgIpc) is 3.29. The lowest BCUT2D eigenvalue weighted by Crippen LogP contribution is -2.11. The van der Waals surface area contributed by atoms with Crippen molar-refractivity contribution in [2.45, 2.75) is 4.90 Å². The number of pyridine rings is 1. The van der Waals surface area contributed by atoms with E-state index in [-0.39, 0.29) is 33.0 Å². The van der Waals surface area contributed by atoms with Gasteiger partial charge in [0.1, 0.15) is 28.9 Å². The van der Waals surface area contributed by atoms with Crippen molar-refractivity contribution in [2.75, 3.05) is 6.26 Å². The molecule has 8 nitrogen and oxygen atoms in total. The van der Waals surface area contributed by atoms with Crippen LogP contribution in [0.25, 0.3) is 39.1 Å². The molecule has 3 N–H and O–H groups in total. The monoisotopic (exact) mass is 502 g/mol. The molecule has 0 saturated heterocycles. The lowest BCUT2D eigenvalue weighted by Gasteiger charge is -2.12. The maximum atomic E-state index is 15.3. The van der Waals surface area contributed by atoms with E-state index in [1.165, 1.54) is 30.7 Å². The molecule has 0 bridgehead atoms. The van der Waals surface area contributed by atoms with Crippen molar-refractivity contribution in [3.05, 3.63) is 90.6 Å². The highest BCUT2D eigenvalue weighted by Crippen LogP contribution is 2.37. The van der Waals surface area contributed by atoms with Crippen LogP contribution in [0.2, 0.25) is 0 Å². The molecule has 0 aliphatic carbocycles. The lowest BCUT2D eigenvalue weighted by atomic mass is 10.0. The molecule has 2 heterocycles. The molecule has 0 fully saturated rings. The minimum Gasteiger partial charge on any atom is -0.504 e. The molecule has 1 amide bonds.